The molecule has 29 heavy (non-hydrogen) atoms. The van der Waals surface area contributed by atoms with Crippen molar-refractivity contribution in [2.75, 3.05) is 6.61 Å². The van der Waals surface area contributed by atoms with Gasteiger partial charge in [0.15, 0.2) is 9.84 Å². The molecule has 8 heteroatoms. The zero-order valence-electron chi connectivity index (χ0n) is 15.7. The molecule has 0 amide bonds. The Labute approximate surface area is 173 Å². The number of carbonyl (C=O) groups is 1. The summed E-state index contributed by atoms with van der Waals surface area (Å²) >= 11 is 6.12. The van der Waals surface area contributed by atoms with Gasteiger partial charge in [-0.05, 0) is 61.6 Å². The van der Waals surface area contributed by atoms with E-state index in [9.17, 15) is 23.4 Å². The van der Waals surface area contributed by atoms with Gasteiger partial charge in [-0.1, -0.05) is 29.8 Å². The van der Waals surface area contributed by atoms with Gasteiger partial charge < -0.3 is 10.2 Å². The summed E-state index contributed by atoms with van der Waals surface area (Å²) in [6, 6.07) is 13.0. The van der Waals surface area contributed by atoms with Gasteiger partial charge in [0.2, 0.25) is 0 Å². The van der Waals surface area contributed by atoms with E-state index >= 15 is 0 Å². The number of hydrogen-bond acceptors (Lipinski definition) is 4. The Kier molecular flexibility index (Phi) is 4.72. The van der Waals surface area contributed by atoms with Gasteiger partial charge in [-0.2, -0.15) is 0 Å². The van der Waals surface area contributed by atoms with Gasteiger partial charge in [0.05, 0.1) is 17.0 Å². The minimum Gasteiger partial charge on any atom is -0.464 e. The quantitative estimate of drug-likeness (QED) is 0.653. The van der Waals surface area contributed by atoms with Crippen molar-refractivity contribution in [2.45, 2.75) is 29.4 Å². The lowest BCUT2D eigenvalue weighted by Gasteiger charge is -2.33. The van der Waals surface area contributed by atoms with Gasteiger partial charge in [-0.3, -0.25) is 0 Å². The molecule has 1 aliphatic carbocycles. The second-order valence-corrected chi connectivity index (χ2v) is 10.4. The lowest BCUT2D eigenvalue weighted by atomic mass is 9.90. The third-order valence-corrected chi connectivity index (χ3v) is 8.89. The molecule has 0 saturated carbocycles. The van der Waals surface area contributed by atoms with E-state index in [-0.39, 0.29) is 11.3 Å². The number of fused-ring (bicyclic) bond motifs is 3. The van der Waals surface area contributed by atoms with Crippen LogP contribution >= 0.6 is 11.6 Å². The molecule has 0 spiro atoms. The van der Waals surface area contributed by atoms with Crippen LogP contribution in [0.15, 0.2) is 53.4 Å². The van der Waals surface area contributed by atoms with E-state index in [4.69, 9.17) is 11.6 Å². The molecular formula is C21H20ClNO5S. The van der Waals surface area contributed by atoms with Crippen LogP contribution in [-0.4, -0.2) is 40.6 Å². The van der Waals surface area contributed by atoms with Crippen LogP contribution in [0.25, 0.3) is 10.9 Å². The van der Waals surface area contributed by atoms with E-state index in [1.54, 1.807) is 36.4 Å². The fourth-order valence-electron chi connectivity index (χ4n) is 4.33. The Morgan fingerprint density at radius 2 is 1.90 bits per heavy atom. The Bertz CT molecular complexity index is 1220. The molecule has 1 aromatic heterocycles. The molecule has 1 heterocycles. The van der Waals surface area contributed by atoms with Crippen molar-refractivity contribution >= 4 is 38.4 Å². The van der Waals surface area contributed by atoms with E-state index in [0.717, 1.165) is 5.56 Å². The zero-order chi connectivity index (χ0) is 21.0. The number of hydrogen-bond donors (Lipinski definition) is 2. The van der Waals surface area contributed by atoms with Crippen LogP contribution in [0, 0.1) is 5.92 Å². The largest absolute Gasteiger partial charge is 0.464 e. The van der Waals surface area contributed by atoms with Crippen molar-refractivity contribution < 1.29 is 23.4 Å². The van der Waals surface area contributed by atoms with E-state index in [0.29, 0.717) is 28.0 Å². The normalized spacial score (nSPS) is 18.5. The first kappa shape index (κ1) is 19.9. The number of aliphatic hydroxyl groups excluding tert-OH is 1. The first-order valence-electron chi connectivity index (χ1n) is 9.16. The topological polar surface area (TPSA) is 96.6 Å². The van der Waals surface area contributed by atoms with Gasteiger partial charge in [0.25, 0.3) is 0 Å². The van der Waals surface area contributed by atoms with Gasteiger partial charge in [-0.15, -0.1) is 0 Å². The fourth-order valence-corrected chi connectivity index (χ4v) is 6.33. The molecule has 2 N–H and O–H groups in total. The van der Waals surface area contributed by atoms with Crippen LogP contribution in [0.3, 0.4) is 0 Å². The van der Waals surface area contributed by atoms with Crippen molar-refractivity contribution in [2.24, 2.45) is 5.92 Å². The molecule has 2 aromatic carbocycles. The van der Waals surface area contributed by atoms with Gasteiger partial charge >= 0.3 is 6.09 Å². The number of rotatable bonds is 4. The van der Waals surface area contributed by atoms with Gasteiger partial charge in [-0.25, -0.2) is 17.8 Å². The maximum Gasteiger partial charge on any atom is 0.416 e. The number of nitrogens with zero attached hydrogens (tertiary/aromatic N) is 1. The monoisotopic (exact) mass is 433 g/mol. The minimum atomic E-state index is -3.86. The van der Waals surface area contributed by atoms with Crippen LogP contribution in [0.1, 0.15) is 18.2 Å². The maximum absolute atomic E-state index is 13.4. The highest BCUT2D eigenvalue weighted by Crippen LogP contribution is 2.44. The smallest absolute Gasteiger partial charge is 0.416 e. The van der Waals surface area contributed by atoms with Crippen LogP contribution in [0.4, 0.5) is 4.79 Å². The van der Waals surface area contributed by atoms with Gasteiger partial charge in [0, 0.05) is 16.1 Å². The third-order valence-electron chi connectivity index (χ3n) is 6.07. The molecule has 3 aromatic rings. The molecule has 0 radical (unpaired) electrons. The molecule has 4 rings (SSSR count). The Balaban J connectivity index is 1.84. The minimum absolute atomic E-state index is 0.141. The average molecular weight is 434 g/mol. The summed E-state index contributed by atoms with van der Waals surface area (Å²) in [5, 5.41) is 21.1. The number of aromatic nitrogens is 1. The summed E-state index contributed by atoms with van der Waals surface area (Å²) in [6.07, 6.45) is -0.553. The predicted octanol–water partition coefficient (Wildman–Crippen LogP) is 3.76. The zero-order valence-corrected chi connectivity index (χ0v) is 17.2. The summed E-state index contributed by atoms with van der Waals surface area (Å²) in [7, 11) is -3.86. The molecule has 0 fully saturated rings. The lowest BCUT2D eigenvalue weighted by Crippen LogP contribution is -2.47. The lowest BCUT2D eigenvalue weighted by molar-refractivity contribution is 0.195. The highest BCUT2D eigenvalue weighted by molar-refractivity contribution is 7.92. The van der Waals surface area contributed by atoms with Crippen LogP contribution in [0.2, 0.25) is 5.02 Å². The summed E-state index contributed by atoms with van der Waals surface area (Å²) in [6.45, 7) is 0.969. The number of sulfone groups is 1. The van der Waals surface area contributed by atoms with Crippen molar-refractivity contribution in [1.29, 1.82) is 0 Å². The molecule has 152 valence electrons. The van der Waals surface area contributed by atoms with E-state index in [1.807, 2.05) is 0 Å². The average Bonchev–Trinajstić information content (AvgIpc) is 3.25. The Morgan fingerprint density at radius 3 is 2.52 bits per heavy atom. The number of halogens is 1. The maximum atomic E-state index is 13.4. The van der Waals surface area contributed by atoms with E-state index < -0.39 is 33.2 Å². The summed E-state index contributed by atoms with van der Waals surface area (Å²) in [5.74, 6) is -0.475. The van der Waals surface area contributed by atoms with Crippen molar-refractivity contribution in [3.8, 4) is 0 Å². The van der Waals surface area contributed by atoms with Gasteiger partial charge in [0.1, 0.15) is 4.75 Å². The Hall–Kier alpha value is -2.35. The van der Waals surface area contributed by atoms with E-state index in [1.165, 1.54) is 23.6 Å². The number of aliphatic hydroxyl groups is 1. The SMILES string of the molecule is CC(CO)(C1Cc2c(n(C(=O)O)c3ccc(Cl)cc23)C1)S(=O)(=O)c1ccccc1. The highest BCUT2D eigenvalue weighted by atomic mass is 35.5. The molecule has 2 unspecified atom stereocenters. The highest BCUT2D eigenvalue weighted by Gasteiger charge is 2.49. The number of benzene rings is 2. The molecular weight excluding hydrogens is 414 g/mol. The molecule has 2 atom stereocenters. The van der Waals surface area contributed by atoms with Crippen molar-refractivity contribution in [3.05, 3.63) is 64.8 Å². The summed E-state index contributed by atoms with van der Waals surface area (Å²) < 4.78 is 26.5. The number of carboxylic acid groups (broad SMARTS) is 1. The standard InChI is InChI=1S/C21H20ClNO5S/c1-21(12-24,29(27,28)15-5-3-2-4-6-15)13-9-16-17-11-14(22)7-8-18(17)23(20(25)26)19(16)10-13/h2-8,11,13,24H,9-10,12H2,1H3,(H,25,26). The van der Waals surface area contributed by atoms with Crippen molar-refractivity contribution in [3.63, 3.8) is 0 Å². The second kappa shape index (κ2) is 6.86. The predicted molar refractivity (Wildman–Crippen MR) is 110 cm³/mol. The molecule has 6 nitrogen and oxygen atoms in total. The summed E-state index contributed by atoms with van der Waals surface area (Å²) in [5.41, 5.74) is 1.86. The molecule has 0 aliphatic heterocycles. The third kappa shape index (κ3) is 2.87. The van der Waals surface area contributed by atoms with Crippen LogP contribution < -0.4 is 0 Å². The molecule has 0 saturated heterocycles. The Morgan fingerprint density at radius 1 is 1.21 bits per heavy atom. The molecule has 1 aliphatic rings. The first-order valence-corrected chi connectivity index (χ1v) is 11.0. The van der Waals surface area contributed by atoms with Crippen LogP contribution in [-0.2, 0) is 22.7 Å². The van der Waals surface area contributed by atoms with Crippen molar-refractivity contribution in [1.82, 2.24) is 4.57 Å². The van der Waals surface area contributed by atoms with Crippen LogP contribution in [0.5, 0.6) is 0 Å². The fraction of sp³-hybridized carbons (Fsp3) is 0.286. The molecule has 0 bridgehead atoms. The first-order chi connectivity index (χ1) is 13.7. The second-order valence-electron chi connectivity index (χ2n) is 7.60. The van der Waals surface area contributed by atoms with E-state index in [2.05, 4.69) is 0 Å². The summed E-state index contributed by atoms with van der Waals surface area (Å²) in [4.78, 5) is 12.1.